The fourth-order valence-corrected chi connectivity index (χ4v) is 2.63. The molecule has 0 atom stereocenters. The Hall–Kier alpha value is -3.81. The Balaban J connectivity index is 1.85. The van der Waals surface area contributed by atoms with Gasteiger partial charge in [-0.25, -0.2) is 4.68 Å². The van der Waals surface area contributed by atoms with E-state index >= 15 is 0 Å². The van der Waals surface area contributed by atoms with Crippen LogP contribution >= 0.6 is 0 Å². The quantitative estimate of drug-likeness (QED) is 0.553. The van der Waals surface area contributed by atoms with Crippen molar-refractivity contribution in [2.45, 2.75) is 13.5 Å². The summed E-state index contributed by atoms with van der Waals surface area (Å²) in [5, 5.41) is 17.7. The van der Waals surface area contributed by atoms with Gasteiger partial charge < -0.3 is 5.32 Å². The maximum absolute atomic E-state index is 12.3. The van der Waals surface area contributed by atoms with Crippen molar-refractivity contribution in [2.24, 2.45) is 0 Å². The van der Waals surface area contributed by atoms with Crippen LogP contribution in [0.25, 0.3) is 11.3 Å². The lowest BCUT2D eigenvalue weighted by molar-refractivity contribution is -0.383. The molecular weight excluding hydrogens is 348 g/mol. The van der Waals surface area contributed by atoms with Crippen LogP contribution in [0.2, 0.25) is 0 Å². The van der Waals surface area contributed by atoms with Crippen molar-refractivity contribution >= 4 is 17.3 Å². The molecule has 2 aromatic carbocycles. The lowest BCUT2D eigenvalue weighted by atomic mass is 10.1. The molecule has 0 bridgehead atoms. The zero-order valence-corrected chi connectivity index (χ0v) is 14.5. The Kier molecular flexibility index (Phi) is 5.07. The van der Waals surface area contributed by atoms with Crippen LogP contribution < -0.4 is 10.9 Å². The Morgan fingerprint density at radius 1 is 1.11 bits per heavy atom. The number of aromatic nitrogens is 2. The minimum absolute atomic E-state index is 0.0654. The first-order chi connectivity index (χ1) is 13.0. The summed E-state index contributed by atoms with van der Waals surface area (Å²) in [7, 11) is 0. The van der Waals surface area contributed by atoms with Gasteiger partial charge in [-0.15, -0.1) is 0 Å². The highest BCUT2D eigenvalue weighted by Crippen LogP contribution is 2.23. The molecule has 1 heterocycles. The molecule has 0 fully saturated rings. The number of carbonyl (C=O) groups is 1. The summed E-state index contributed by atoms with van der Waals surface area (Å²) in [5.41, 5.74) is 1.80. The molecule has 0 aliphatic carbocycles. The molecule has 0 saturated heterocycles. The van der Waals surface area contributed by atoms with Crippen LogP contribution in [0.5, 0.6) is 0 Å². The van der Waals surface area contributed by atoms with E-state index in [1.807, 2.05) is 31.2 Å². The summed E-state index contributed by atoms with van der Waals surface area (Å²) >= 11 is 0. The maximum Gasteiger partial charge on any atom is 0.292 e. The Bertz CT molecular complexity index is 1080. The molecule has 3 rings (SSSR count). The van der Waals surface area contributed by atoms with Crippen LogP contribution in [-0.4, -0.2) is 20.6 Å². The fraction of sp³-hybridized carbons (Fsp3) is 0.105. The first-order valence-corrected chi connectivity index (χ1v) is 8.13. The van der Waals surface area contributed by atoms with Crippen LogP contribution in [0, 0.1) is 17.0 Å². The monoisotopic (exact) mass is 364 g/mol. The molecule has 1 N–H and O–H groups in total. The molecule has 136 valence electrons. The number of amides is 1. The Morgan fingerprint density at radius 2 is 1.81 bits per heavy atom. The summed E-state index contributed by atoms with van der Waals surface area (Å²) in [6.07, 6.45) is 0. The molecule has 1 aromatic heterocycles. The number of hydrogen-bond donors (Lipinski definition) is 1. The number of aryl methyl sites for hydroxylation is 1. The molecule has 0 aliphatic rings. The molecule has 0 aliphatic heterocycles. The molecule has 8 nitrogen and oxygen atoms in total. The number of anilines is 1. The highest BCUT2D eigenvalue weighted by molar-refractivity contribution is 5.92. The van der Waals surface area contributed by atoms with Gasteiger partial charge in [-0.2, -0.15) is 5.10 Å². The van der Waals surface area contributed by atoms with Crippen molar-refractivity contribution in [2.75, 3.05) is 5.32 Å². The second-order valence-electron chi connectivity index (χ2n) is 5.85. The highest BCUT2D eigenvalue weighted by atomic mass is 16.6. The average molecular weight is 364 g/mol. The van der Waals surface area contributed by atoms with E-state index in [0.29, 0.717) is 5.69 Å². The number of nitrogens with one attached hydrogen (secondary N) is 1. The number of nitro benzene ring substituents is 1. The van der Waals surface area contributed by atoms with Gasteiger partial charge in [0.25, 0.3) is 11.2 Å². The molecule has 0 radical (unpaired) electrons. The predicted molar refractivity (Wildman–Crippen MR) is 100 cm³/mol. The number of nitro groups is 1. The van der Waals surface area contributed by atoms with E-state index in [1.54, 1.807) is 12.1 Å². The fourth-order valence-electron chi connectivity index (χ4n) is 2.63. The Labute approximate surface area is 154 Å². The van der Waals surface area contributed by atoms with Crippen molar-refractivity contribution in [1.82, 2.24) is 9.78 Å². The third-order valence-electron chi connectivity index (χ3n) is 3.96. The van der Waals surface area contributed by atoms with Crippen LogP contribution in [0.3, 0.4) is 0 Å². The number of hydrogen-bond acceptors (Lipinski definition) is 5. The number of carbonyl (C=O) groups excluding carboxylic acids is 1. The Morgan fingerprint density at radius 3 is 2.56 bits per heavy atom. The molecule has 3 aromatic rings. The van der Waals surface area contributed by atoms with Gasteiger partial charge >= 0.3 is 0 Å². The largest absolute Gasteiger partial charge is 0.319 e. The topological polar surface area (TPSA) is 107 Å². The van der Waals surface area contributed by atoms with Crippen molar-refractivity contribution in [3.63, 3.8) is 0 Å². The highest BCUT2D eigenvalue weighted by Gasteiger charge is 2.16. The number of benzene rings is 2. The summed E-state index contributed by atoms with van der Waals surface area (Å²) in [6, 6.07) is 16.3. The second kappa shape index (κ2) is 7.61. The lowest BCUT2D eigenvalue weighted by Gasteiger charge is -2.09. The SMILES string of the molecule is Cc1ccccc1-c1ccc(=O)n(CC(=O)Nc2ccccc2[N+](=O)[O-])n1. The van der Waals surface area contributed by atoms with Crippen molar-refractivity contribution in [3.05, 3.63) is 86.7 Å². The van der Waals surface area contributed by atoms with E-state index in [2.05, 4.69) is 10.4 Å². The van der Waals surface area contributed by atoms with Gasteiger partial charge in [0.05, 0.1) is 10.6 Å². The van der Waals surface area contributed by atoms with Crippen LogP contribution in [0.1, 0.15) is 5.56 Å². The van der Waals surface area contributed by atoms with E-state index in [0.717, 1.165) is 15.8 Å². The summed E-state index contributed by atoms with van der Waals surface area (Å²) < 4.78 is 1.03. The van der Waals surface area contributed by atoms with Crippen LogP contribution in [0.4, 0.5) is 11.4 Å². The first kappa shape index (κ1) is 18.0. The summed E-state index contributed by atoms with van der Waals surface area (Å²) in [6.45, 7) is 1.57. The van der Waals surface area contributed by atoms with Crippen molar-refractivity contribution < 1.29 is 9.72 Å². The zero-order chi connectivity index (χ0) is 19.4. The molecule has 27 heavy (non-hydrogen) atoms. The second-order valence-corrected chi connectivity index (χ2v) is 5.85. The van der Waals surface area contributed by atoms with Crippen molar-refractivity contribution in [1.29, 1.82) is 0 Å². The maximum atomic E-state index is 12.3. The van der Waals surface area contributed by atoms with Gasteiger partial charge in [0, 0.05) is 17.7 Å². The number of para-hydroxylation sites is 2. The van der Waals surface area contributed by atoms with Crippen LogP contribution in [0.15, 0.2) is 65.5 Å². The van der Waals surface area contributed by atoms with Gasteiger partial charge in [-0.05, 0) is 24.6 Å². The minimum atomic E-state index is -0.584. The smallest absolute Gasteiger partial charge is 0.292 e. The molecule has 0 unspecified atom stereocenters. The van der Waals surface area contributed by atoms with Gasteiger partial charge in [0.15, 0.2) is 0 Å². The molecule has 8 heteroatoms. The van der Waals surface area contributed by atoms with Crippen LogP contribution in [-0.2, 0) is 11.3 Å². The average Bonchev–Trinajstić information content (AvgIpc) is 2.64. The van der Waals surface area contributed by atoms with Gasteiger partial charge in [0.1, 0.15) is 12.2 Å². The molecular formula is C19H16N4O4. The summed E-state index contributed by atoms with van der Waals surface area (Å²) in [5.74, 6) is -0.583. The molecule has 0 saturated carbocycles. The van der Waals surface area contributed by atoms with E-state index < -0.39 is 16.4 Å². The third-order valence-corrected chi connectivity index (χ3v) is 3.96. The lowest BCUT2D eigenvalue weighted by Crippen LogP contribution is -2.29. The molecule has 0 spiro atoms. The first-order valence-electron chi connectivity index (χ1n) is 8.13. The van der Waals surface area contributed by atoms with E-state index in [-0.39, 0.29) is 17.9 Å². The molecule has 1 amide bonds. The van der Waals surface area contributed by atoms with Crippen molar-refractivity contribution in [3.8, 4) is 11.3 Å². The predicted octanol–water partition coefficient (Wildman–Crippen LogP) is 2.77. The van der Waals surface area contributed by atoms with E-state index in [4.69, 9.17) is 0 Å². The van der Waals surface area contributed by atoms with E-state index in [1.165, 1.54) is 24.3 Å². The number of nitrogens with zero attached hydrogens (tertiary/aromatic N) is 3. The minimum Gasteiger partial charge on any atom is -0.319 e. The van der Waals surface area contributed by atoms with Gasteiger partial charge in [0.2, 0.25) is 5.91 Å². The summed E-state index contributed by atoms with van der Waals surface area (Å²) in [4.78, 5) is 34.8. The van der Waals surface area contributed by atoms with E-state index in [9.17, 15) is 19.7 Å². The van der Waals surface area contributed by atoms with Gasteiger partial charge in [-0.3, -0.25) is 19.7 Å². The van der Waals surface area contributed by atoms with Gasteiger partial charge in [-0.1, -0.05) is 36.4 Å². The third kappa shape index (κ3) is 4.06. The standard InChI is InChI=1S/C19H16N4O4/c1-13-6-2-3-7-14(13)15-10-11-19(25)22(21-15)12-18(24)20-16-8-4-5-9-17(16)23(26)27/h2-11H,12H2,1H3,(H,20,24). The number of rotatable bonds is 5. The normalized spacial score (nSPS) is 10.4. The zero-order valence-electron chi connectivity index (χ0n) is 14.5.